The summed E-state index contributed by atoms with van der Waals surface area (Å²) in [6, 6.07) is 19.7. The summed E-state index contributed by atoms with van der Waals surface area (Å²) in [5.41, 5.74) is 3.32. The van der Waals surface area contributed by atoms with Crippen LogP contribution in [-0.4, -0.2) is 49.1 Å². The van der Waals surface area contributed by atoms with Crippen LogP contribution in [0.25, 0.3) is 0 Å². The van der Waals surface area contributed by atoms with Gasteiger partial charge in [0, 0.05) is 49.5 Å². The molecule has 27 heavy (non-hydrogen) atoms. The number of hydrogen-bond acceptors (Lipinski definition) is 3. The molecular weight excluding hydrogens is 334 g/mol. The Kier molecular flexibility index (Phi) is 5.44. The zero-order chi connectivity index (χ0) is 18.6. The summed E-state index contributed by atoms with van der Waals surface area (Å²) in [4.78, 5) is 17.1. The van der Waals surface area contributed by atoms with Gasteiger partial charge in [-0.05, 0) is 50.5 Å². The molecule has 0 bridgehead atoms. The molecule has 2 aromatic carbocycles. The Bertz CT molecular complexity index is 751. The van der Waals surface area contributed by atoms with Crippen LogP contribution in [0.5, 0.6) is 0 Å². The van der Waals surface area contributed by atoms with E-state index in [0.717, 1.165) is 44.6 Å². The molecule has 1 atom stereocenters. The van der Waals surface area contributed by atoms with Crippen molar-refractivity contribution < 1.29 is 4.79 Å². The number of nitrogens with zero attached hydrogens (tertiary/aromatic N) is 2. The molecule has 2 saturated heterocycles. The standard InChI is InChI=1S/C23H29N3O/c1-18-7-9-19(10-8-18)23(27)25-14-11-20(12-15-25)24-21-13-16-26(17-21)22-5-3-2-4-6-22/h2-10,20-21,24H,11-17H2,1H3. The highest BCUT2D eigenvalue weighted by Crippen LogP contribution is 2.21. The van der Waals surface area contributed by atoms with E-state index in [-0.39, 0.29) is 5.91 Å². The van der Waals surface area contributed by atoms with Crippen molar-refractivity contribution in [1.29, 1.82) is 0 Å². The van der Waals surface area contributed by atoms with Crippen LogP contribution in [0.4, 0.5) is 5.69 Å². The summed E-state index contributed by atoms with van der Waals surface area (Å²) in [5.74, 6) is 0.171. The van der Waals surface area contributed by atoms with Crippen LogP contribution in [0.15, 0.2) is 54.6 Å². The predicted molar refractivity (Wildman–Crippen MR) is 110 cm³/mol. The number of para-hydroxylation sites is 1. The maximum atomic E-state index is 12.7. The third-order valence-electron chi connectivity index (χ3n) is 5.86. The highest BCUT2D eigenvalue weighted by Gasteiger charge is 2.28. The molecule has 1 unspecified atom stereocenters. The first-order valence-electron chi connectivity index (χ1n) is 10.1. The molecule has 0 radical (unpaired) electrons. The number of piperidine rings is 1. The number of anilines is 1. The molecule has 142 valence electrons. The number of carbonyl (C=O) groups excluding carboxylic acids is 1. The lowest BCUT2D eigenvalue weighted by atomic mass is 10.0. The van der Waals surface area contributed by atoms with E-state index in [4.69, 9.17) is 0 Å². The van der Waals surface area contributed by atoms with Gasteiger partial charge < -0.3 is 15.1 Å². The van der Waals surface area contributed by atoms with Gasteiger partial charge in [-0.15, -0.1) is 0 Å². The minimum Gasteiger partial charge on any atom is -0.370 e. The quantitative estimate of drug-likeness (QED) is 0.903. The fourth-order valence-corrected chi connectivity index (χ4v) is 4.23. The summed E-state index contributed by atoms with van der Waals surface area (Å²) in [6.45, 7) is 5.94. The first-order valence-corrected chi connectivity index (χ1v) is 10.1. The molecule has 4 rings (SSSR count). The molecule has 0 aromatic heterocycles. The monoisotopic (exact) mass is 363 g/mol. The van der Waals surface area contributed by atoms with Crippen LogP contribution >= 0.6 is 0 Å². The first kappa shape index (κ1) is 18.1. The lowest BCUT2D eigenvalue weighted by Gasteiger charge is -2.34. The molecule has 4 nitrogen and oxygen atoms in total. The van der Waals surface area contributed by atoms with E-state index >= 15 is 0 Å². The fourth-order valence-electron chi connectivity index (χ4n) is 4.23. The Morgan fingerprint density at radius 2 is 1.56 bits per heavy atom. The average molecular weight is 364 g/mol. The number of carbonyl (C=O) groups is 1. The van der Waals surface area contributed by atoms with Gasteiger partial charge in [-0.1, -0.05) is 35.9 Å². The molecule has 2 aromatic rings. The highest BCUT2D eigenvalue weighted by atomic mass is 16.2. The van der Waals surface area contributed by atoms with Gasteiger partial charge >= 0.3 is 0 Å². The fraction of sp³-hybridized carbons (Fsp3) is 0.435. The maximum Gasteiger partial charge on any atom is 0.253 e. The Morgan fingerprint density at radius 3 is 2.26 bits per heavy atom. The van der Waals surface area contributed by atoms with Gasteiger partial charge in [-0.25, -0.2) is 0 Å². The van der Waals surface area contributed by atoms with E-state index in [1.807, 2.05) is 36.1 Å². The Morgan fingerprint density at radius 1 is 0.889 bits per heavy atom. The molecule has 2 fully saturated rings. The van der Waals surface area contributed by atoms with Gasteiger partial charge in [0.2, 0.25) is 0 Å². The van der Waals surface area contributed by atoms with Crippen LogP contribution in [-0.2, 0) is 0 Å². The second kappa shape index (κ2) is 8.13. The number of rotatable bonds is 4. The van der Waals surface area contributed by atoms with Crippen LogP contribution in [0.2, 0.25) is 0 Å². The lowest BCUT2D eigenvalue weighted by Crippen LogP contribution is -2.48. The highest BCUT2D eigenvalue weighted by molar-refractivity contribution is 5.94. The van der Waals surface area contributed by atoms with Crippen LogP contribution < -0.4 is 10.2 Å². The van der Waals surface area contributed by atoms with Gasteiger partial charge in [0.15, 0.2) is 0 Å². The molecule has 0 saturated carbocycles. The summed E-state index contributed by atoms with van der Waals surface area (Å²) >= 11 is 0. The molecule has 1 amide bonds. The molecule has 4 heteroatoms. The normalized spacial score (nSPS) is 20.9. The van der Waals surface area contributed by atoms with Crippen molar-refractivity contribution in [3.8, 4) is 0 Å². The number of aryl methyl sites for hydroxylation is 1. The molecule has 2 aliphatic rings. The van der Waals surface area contributed by atoms with E-state index in [1.165, 1.54) is 17.7 Å². The Labute approximate surface area is 162 Å². The van der Waals surface area contributed by atoms with E-state index in [2.05, 4.69) is 40.5 Å². The summed E-state index contributed by atoms with van der Waals surface area (Å²) in [6.07, 6.45) is 3.27. The van der Waals surface area contributed by atoms with Crippen molar-refractivity contribution in [1.82, 2.24) is 10.2 Å². The van der Waals surface area contributed by atoms with Gasteiger partial charge in [0.05, 0.1) is 0 Å². The van der Waals surface area contributed by atoms with Crippen molar-refractivity contribution in [3.63, 3.8) is 0 Å². The predicted octanol–water partition coefficient (Wildman–Crippen LogP) is 3.47. The lowest BCUT2D eigenvalue weighted by molar-refractivity contribution is 0.0702. The Hall–Kier alpha value is -2.33. The molecule has 2 heterocycles. The smallest absolute Gasteiger partial charge is 0.253 e. The molecule has 0 spiro atoms. The average Bonchev–Trinajstić information content (AvgIpc) is 3.18. The molecule has 0 aliphatic carbocycles. The zero-order valence-electron chi connectivity index (χ0n) is 16.1. The minimum atomic E-state index is 0.171. The first-order chi connectivity index (χ1) is 13.2. The van der Waals surface area contributed by atoms with Crippen molar-refractivity contribution in [3.05, 3.63) is 65.7 Å². The summed E-state index contributed by atoms with van der Waals surface area (Å²) in [5, 5.41) is 3.84. The Balaban J connectivity index is 1.25. The summed E-state index contributed by atoms with van der Waals surface area (Å²) in [7, 11) is 0. The maximum absolute atomic E-state index is 12.7. The van der Waals surface area contributed by atoms with Crippen molar-refractivity contribution >= 4 is 11.6 Å². The number of hydrogen-bond donors (Lipinski definition) is 1. The third kappa shape index (κ3) is 4.33. The number of nitrogens with one attached hydrogen (secondary N) is 1. The van der Waals surface area contributed by atoms with Crippen molar-refractivity contribution in [2.24, 2.45) is 0 Å². The van der Waals surface area contributed by atoms with Gasteiger partial charge in [0.25, 0.3) is 5.91 Å². The molecular formula is C23H29N3O. The van der Waals surface area contributed by atoms with Gasteiger partial charge in [0.1, 0.15) is 0 Å². The van der Waals surface area contributed by atoms with Crippen LogP contribution in [0.3, 0.4) is 0 Å². The number of benzene rings is 2. The number of likely N-dealkylation sites (tertiary alicyclic amines) is 1. The van der Waals surface area contributed by atoms with Crippen LogP contribution in [0, 0.1) is 6.92 Å². The van der Waals surface area contributed by atoms with Gasteiger partial charge in [-0.3, -0.25) is 4.79 Å². The third-order valence-corrected chi connectivity index (χ3v) is 5.86. The van der Waals surface area contributed by atoms with Crippen molar-refractivity contribution in [2.45, 2.75) is 38.3 Å². The largest absolute Gasteiger partial charge is 0.370 e. The zero-order valence-corrected chi connectivity index (χ0v) is 16.1. The van der Waals surface area contributed by atoms with Gasteiger partial charge in [-0.2, -0.15) is 0 Å². The second-order valence-electron chi connectivity index (χ2n) is 7.87. The van der Waals surface area contributed by atoms with E-state index in [0.29, 0.717) is 12.1 Å². The van der Waals surface area contributed by atoms with Crippen LogP contribution in [0.1, 0.15) is 35.2 Å². The topological polar surface area (TPSA) is 35.6 Å². The van der Waals surface area contributed by atoms with E-state index < -0.39 is 0 Å². The summed E-state index contributed by atoms with van der Waals surface area (Å²) < 4.78 is 0. The molecule has 2 aliphatic heterocycles. The minimum absolute atomic E-state index is 0.171. The number of amides is 1. The van der Waals surface area contributed by atoms with E-state index in [1.54, 1.807) is 0 Å². The molecule has 1 N–H and O–H groups in total. The second-order valence-corrected chi connectivity index (χ2v) is 7.87. The van der Waals surface area contributed by atoms with E-state index in [9.17, 15) is 4.79 Å². The van der Waals surface area contributed by atoms with Crippen molar-refractivity contribution in [2.75, 3.05) is 31.1 Å². The SMILES string of the molecule is Cc1ccc(C(=O)N2CCC(NC3CCN(c4ccccc4)C3)CC2)cc1.